The summed E-state index contributed by atoms with van der Waals surface area (Å²) in [5.41, 5.74) is 6.12. The first-order chi connectivity index (χ1) is 26.1. The average molecular weight is 765 g/mol. The van der Waals surface area contributed by atoms with Crippen LogP contribution in [0, 0.1) is 34.5 Å². The Bertz CT molecular complexity index is 2170. The fourth-order valence-electron chi connectivity index (χ4n) is 13.3. The number of ether oxygens (including phenoxy) is 1. The summed E-state index contributed by atoms with van der Waals surface area (Å²) in [4.78, 5) is 28.0. The minimum Gasteiger partial charge on any atom is -0.394 e. The number of aliphatic hydroxyl groups excluding tert-OH is 3. The molecular formula is C48H64N2O6. The number of carbonyl (C=O) groups excluding carboxylic acids is 2. The van der Waals surface area contributed by atoms with E-state index in [0.717, 1.165) is 58.9 Å². The van der Waals surface area contributed by atoms with Gasteiger partial charge in [-0.1, -0.05) is 65.0 Å². The van der Waals surface area contributed by atoms with E-state index >= 15 is 0 Å². The molecule has 1 amide bonds. The summed E-state index contributed by atoms with van der Waals surface area (Å²) in [6.45, 7) is 27.3. The quantitative estimate of drug-likeness (QED) is 0.128. The van der Waals surface area contributed by atoms with Crippen molar-refractivity contribution < 1.29 is 29.6 Å². The van der Waals surface area contributed by atoms with Crippen LogP contribution in [0.3, 0.4) is 0 Å². The highest BCUT2D eigenvalue weighted by Crippen LogP contribution is 2.71. The fraction of sp³-hybridized carbons (Fsp3) is 0.625. The van der Waals surface area contributed by atoms with Gasteiger partial charge in [0.2, 0.25) is 5.91 Å². The standard InChI is InChI=1S/C48H64N2O6/c1-24(2)32(23-51)49-43(55)26(5)14-13-18-46(10)33-16-15-27-20-30-29-21-28-31-22-44(6,7)56-45(8,9)37(31)40(53)35(28)36-39(29)50(38(25(3)4)41(36)54)42(30)48(27,12)47(33,11)19-17-34(46)52/h13-14,18,21-22,24,27,32-34,37-38,40,51-53H,3,15-17,19-20,23H2,1-2,4-12H3,(H,49,55)/b18-13+,26-14+. The third-order valence-corrected chi connectivity index (χ3v) is 16.1. The molecule has 0 spiro atoms. The molecule has 4 N–H and O–H groups in total. The second-order valence-electron chi connectivity index (χ2n) is 20.5. The van der Waals surface area contributed by atoms with Gasteiger partial charge in [0.15, 0.2) is 5.78 Å². The summed E-state index contributed by atoms with van der Waals surface area (Å²) in [6.07, 6.45) is 11.1. The number of hydrogen-bond donors (Lipinski definition) is 4. The van der Waals surface area contributed by atoms with Crippen LogP contribution in [0.15, 0.2) is 48.1 Å². The molecule has 0 bridgehead atoms. The van der Waals surface area contributed by atoms with Crippen LogP contribution in [0.5, 0.6) is 0 Å². The number of aromatic nitrogens is 1. The first-order valence-corrected chi connectivity index (χ1v) is 21.1. The highest BCUT2D eigenvalue weighted by atomic mass is 16.5. The van der Waals surface area contributed by atoms with Crippen molar-refractivity contribution >= 4 is 28.2 Å². The Labute approximate surface area is 333 Å². The van der Waals surface area contributed by atoms with Crippen LogP contribution in [0.2, 0.25) is 0 Å². The first kappa shape index (κ1) is 39.5. The first-order valence-electron chi connectivity index (χ1n) is 21.1. The van der Waals surface area contributed by atoms with Gasteiger partial charge in [-0.05, 0) is 126 Å². The summed E-state index contributed by atoms with van der Waals surface area (Å²) in [5.74, 6) is 0.150. The maximum absolute atomic E-state index is 15.0. The molecule has 0 radical (unpaired) electrons. The van der Waals surface area contributed by atoms with Crippen LogP contribution in [0.4, 0.5) is 0 Å². The lowest BCUT2D eigenvalue weighted by Crippen LogP contribution is -2.62. The largest absolute Gasteiger partial charge is 0.394 e. The van der Waals surface area contributed by atoms with Crippen LogP contribution >= 0.6 is 0 Å². The van der Waals surface area contributed by atoms with Gasteiger partial charge < -0.3 is 29.9 Å². The summed E-state index contributed by atoms with van der Waals surface area (Å²) >= 11 is 0. The smallest absolute Gasteiger partial charge is 0.247 e. The molecule has 56 heavy (non-hydrogen) atoms. The van der Waals surface area contributed by atoms with E-state index < -0.39 is 34.9 Å². The van der Waals surface area contributed by atoms with E-state index in [9.17, 15) is 24.9 Å². The van der Waals surface area contributed by atoms with Gasteiger partial charge >= 0.3 is 0 Å². The molecule has 2 saturated carbocycles. The Balaban J connectivity index is 1.26. The Morgan fingerprint density at radius 3 is 2.43 bits per heavy atom. The third-order valence-electron chi connectivity index (χ3n) is 16.1. The highest BCUT2D eigenvalue weighted by molar-refractivity contribution is 6.18. The Kier molecular flexibility index (Phi) is 8.89. The Hall–Kier alpha value is -3.30. The zero-order valence-corrected chi connectivity index (χ0v) is 35.5. The van der Waals surface area contributed by atoms with E-state index in [1.807, 2.05) is 32.9 Å². The molecule has 1 aromatic heterocycles. The number of aliphatic hydroxyl groups is 3. The molecule has 8 heteroatoms. The van der Waals surface area contributed by atoms with Crippen LogP contribution in [0.1, 0.15) is 147 Å². The topological polar surface area (TPSA) is 121 Å². The fourth-order valence-corrected chi connectivity index (χ4v) is 13.3. The average Bonchev–Trinajstić information content (AvgIpc) is 3.77. The summed E-state index contributed by atoms with van der Waals surface area (Å²) in [6, 6.07) is 1.44. The van der Waals surface area contributed by atoms with Crippen molar-refractivity contribution in [3.63, 3.8) is 0 Å². The summed E-state index contributed by atoms with van der Waals surface area (Å²) < 4.78 is 8.90. The van der Waals surface area contributed by atoms with Gasteiger partial charge in [-0.25, -0.2) is 0 Å². The molecule has 2 aromatic rings. The molecule has 2 aliphatic heterocycles. The second kappa shape index (κ2) is 12.6. The lowest BCUT2D eigenvalue weighted by Gasteiger charge is -2.64. The molecule has 8 nitrogen and oxygen atoms in total. The van der Waals surface area contributed by atoms with Crippen molar-refractivity contribution in [1.82, 2.24) is 9.88 Å². The monoisotopic (exact) mass is 764 g/mol. The molecule has 3 heterocycles. The van der Waals surface area contributed by atoms with E-state index in [4.69, 9.17) is 4.74 Å². The van der Waals surface area contributed by atoms with Gasteiger partial charge in [0.1, 0.15) is 6.04 Å². The second-order valence-corrected chi connectivity index (χ2v) is 20.5. The van der Waals surface area contributed by atoms with Gasteiger partial charge in [-0.2, -0.15) is 0 Å². The number of nitrogens with one attached hydrogen (secondary N) is 1. The molecule has 1 aromatic carbocycles. The van der Waals surface area contributed by atoms with Crippen LogP contribution in [-0.4, -0.2) is 61.5 Å². The van der Waals surface area contributed by atoms with Crippen LogP contribution in [0.25, 0.3) is 16.5 Å². The number of benzene rings is 1. The predicted molar refractivity (Wildman–Crippen MR) is 221 cm³/mol. The van der Waals surface area contributed by atoms with Crippen molar-refractivity contribution in [1.29, 1.82) is 0 Å². The number of nitrogens with zero attached hydrogens (tertiary/aromatic N) is 1. The van der Waals surface area contributed by atoms with Crippen molar-refractivity contribution in [2.75, 3.05) is 6.61 Å². The number of carbonyl (C=O) groups is 2. The number of ketones is 1. The van der Waals surface area contributed by atoms with Gasteiger partial charge in [-0.3, -0.25) is 9.59 Å². The van der Waals surface area contributed by atoms with E-state index in [1.54, 1.807) is 6.92 Å². The van der Waals surface area contributed by atoms with E-state index in [0.29, 0.717) is 23.5 Å². The number of Topliss-reactive ketones (excluding diaryl/α,β-unsaturated/α-hetero) is 1. The molecule has 10 unspecified atom stereocenters. The van der Waals surface area contributed by atoms with Crippen LogP contribution in [-0.2, 0) is 21.4 Å². The normalized spacial score (nSPS) is 36.9. The van der Waals surface area contributed by atoms with Crippen molar-refractivity contribution in [2.45, 2.75) is 149 Å². The lowest BCUT2D eigenvalue weighted by molar-refractivity contribution is -0.144. The zero-order chi connectivity index (χ0) is 40.8. The molecule has 10 atom stereocenters. The third kappa shape index (κ3) is 5.10. The molecule has 8 rings (SSSR count). The number of allylic oxidation sites excluding steroid dienone is 3. The number of rotatable bonds is 7. The summed E-state index contributed by atoms with van der Waals surface area (Å²) in [5, 5.41) is 37.9. The van der Waals surface area contributed by atoms with Crippen molar-refractivity contribution in [2.24, 2.45) is 34.5 Å². The maximum atomic E-state index is 15.0. The zero-order valence-electron chi connectivity index (χ0n) is 35.5. The van der Waals surface area contributed by atoms with Crippen molar-refractivity contribution in [3.8, 4) is 0 Å². The molecule has 4 aliphatic carbocycles. The Morgan fingerprint density at radius 1 is 1.09 bits per heavy atom. The molecule has 302 valence electrons. The van der Waals surface area contributed by atoms with Gasteiger partial charge in [0.25, 0.3) is 0 Å². The van der Waals surface area contributed by atoms with Crippen LogP contribution < -0.4 is 5.32 Å². The van der Waals surface area contributed by atoms with Gasteiger partial charge in [0.05, 0.1) is 47.1 Å². The SMILES string of the molecule is C=C(C)C1C(=O)c2c3c(cc4c5c(n1c24)C1(C)C(CCC2C(C)(/C=C/C=C(\C)C(=O)NC(CO)C(C)C)C(O)CCC21C)C5)C1=CC(C)(C)OC(C)(C)C1C3O. The molecule has 0 saturated heterocycles. The molecule has 6 aliphatic rings. The molecule has 2 fully saturated rings. The highest BCUT2D eigenvalue weighted by Gasteiger charge is 2.67. The Morgan fingerprint density at radius 2 is 1.79 bits per heavy atom. The van der Waals surface area contributed by atoms with Gasteiger partial charge in [-0.15, -0.1) is 0 Å². The number of amides is 1. The number of hydrogen-bond acceptors (Lipinski definition) is 6. The summed E-state index contributed by atoms with van der Waals surface area (Å²) in [7, 11) is 0. The van der Waals surface area contributed by atoms with Gasteiger partial charge in [0, 0.05) is 39.0 Å². The minimum absolute atomic E-state index is 0.0229. The maximum Gasteiger partial charge on any atom is 0.247 e. The predicted octanol–water partition coefficient (Wildman–Crippen LogP) is 8.23. The van der Waals surface area contributed by atoms with E-state index in [1.165, 1.54) is 11.3 Å². The number of fused-ring (bicyclic) bond motifs is 11. The minimum atomic E-state index is -0.866. The van der Waals surface area contributed by atoms with E-state index in [2.05, 4.69) is 83.1 Å². The lowest BCUT2D eigenvalue weighted by atomic mass is 9.40. The van der Waals surface area contributed by atoms with Crippen molar-refractivity contribution in [3.05, 3.63) is 76.0 Å². The molecular weight excluding hydrogens is 701 g/mol. The van der Waals surface area contributed by atoms with E-state index in [-0.39, 0.29) is 52.9 Å².